The van der Waals surface area contributed by atoms with Crippen LogP contribution in [-0.4, -0.2) is 98.1 Å². The zero-order valence-corrected chi connectivity index (χ0v) is 19.9. The van der Waals surface area contributed by atoms with Gasteiger partial charge in [-0.15, -0.1) is 5.06 Å². The molecule has 0 aromatic carbocycles. The lowest BCUT2D eigenvalue weighted by atomic mass is 9.91. The van der Waals surface area contributed by atoms with Crippen LogP contribution < -0.4 is 0 Å². The van der Waals surface area contributed by atoms with Crippen LogP contribution >= 0.6 is 0 Å². The van der Waals surface area contributed by atoms with E-state index in [0.717, 1.165) is 45.6 Å². The Hall–Kier alpha value is -2.50. The molecule has 4 aliphatic heterocycles. The Morgan fingerprint density at radius 1 is 1.12 bits per heavy atom. The first-order valence-corrected chi connectivity index (χ1v) is 12.3. The van der Waals surface area contributed by atoms with Crippen LogP contribution in [0.2, 0.25) is 0 Å². The molecular formula is C23H34N6O5. The fraction of sp³-hybridized carbons (Fsp3) is 0.739. The summed E-state index contributed by atoms with van der Waals surface area (Å²) in [7, 11) is 1.97. The molecule has 186 valence electrons. The number of piperidine rings is 1. The lowest BCUT2D eigenvalue weighted by molar-refractivity contribution is -0.173. The molecule has 34 heavy (non-hydrogen) atoms. The second-order valence-corrected chi connectivity index (χ2v) is 10.2. The van der Waals surface area contributed by atoms with Gasteiger partial charge in [-0.25, -0.2) is 4.79 Å². The molecule has 1 N–H and O–H groups in total. The maximum atomic E-state index is 12.5. The van der Waals surface area contributed by atoms with Crippen LogP contribution in [0.15, 0.2) is 6.20 Å². The van der Waals surface area contributed by atoms with Crippen LogP contribution in [-0.2, 0) is 28.0 Å². The van der Waals surface area contributed by atoms with Crippen LogP contribution in [0.25, 0.3) is 0 Å². The van der Waals surface area contributed by atoms with Crippen LogP contribution in [0.1, 0.15) is 49.8 Å². The monoisotopic (exact) mass is 474 g/mol. The van der Waals surface area contributed by atoms with Gasteiger partial charge in [-0.05, 0) is 31.6 Å². The molecule has 5 rings (SSSR count). The van der Waals surface area contributed by atoms with Gasteiger partial charge < -0.3 is 14.8 Å². The number of aromatic nitrogens is 2. The average Bonchev–Trinajstić information content (AvgIpc) is 3.54. The number of likely N-dealkylation sites (tertiary alicyclic amines) is 3. The summed E-state index contributed by atoms with van der Waals surface area (Å²) < 4.78 is 1.90. The van der Waals surface area contributed by atoms with Crippen molar-refractivity contribution in [3.8, 4) is 0 Å². The van der Waals surface area contributed by atoms with E-state index in [9.17, 15) is 19.5 Å². The highest BCUT2D eigenvalue weighted by atomic mass is 16.7. The van der Waals surface area contributed by atoms with Crippen LogP contribution in [0.5, 0.6) is 0 Å². The largest absolute Gasteiger partial charge is 0.434 e. The summed E-state index contributed by atoms with van der Waals surface area (Å²) in [6.07, 6.45) is 3.31. The van der Waals surface area contributed by atoms with E-state index in [4.69, 9.17) is 9.94 Å². The Morgan fingerprint density at radius 3 is 2.32 bits per heavy atom. The first kappa shape index (κ1) is 23.3. The van der Waals surface area contributed by atoms with Crippen molar-refractivity contribution in [1.29, 1.82) is 0 Å². The third-order valence-electron chi connectivity index (χ3n) is 7.77. The summed E-state index contributed by atoms with van der Waals surface area (Å²) in [6.45, 7) is 7.37. The fourth-order valence-electron chi connectivity index (χ4n) is 5.97. The molecule has 4 aliphatic rings. The minimum Gasteiger partial charge on any atom is -0.379 e. The predicted molar refractivity (Wildman–Crippen MR) is 120 cm³/mol. The number of carbonyl (C=O) groups excluding carboxylic acids is 3. The number of fused-ring (bicyclic) bond motifs is 1. The van der Waals surface area contributed by atoms with Crippen LogP contribution in [0, 0.1) is 11.8 Å². The van der Waals surface area contributed by atoms with Crippen molar-refractivity contribution in [1.82, 2.24) is 29.5 Å². The zero-order valence-electron chi connectivity index (χ0n) is 19.9. The highest BCUT2D eigenvalue weighted by molar-refractivity contribution is 6.01. The number of nitrogens with zero attached hydrogens (tertiary/aromatic N) is 6. The van der Waals surface area contributed by atoms with E-state index < -0.39 is 24.1 Å². The Balaban J connectivity index is 1.15. The Bertz CT molecular complexity index is 926. The topological polar surface area (TPSA) is 111 Å². The zero-order chi connectivity index (χ0) is 24.0. The van der Waals surface area contributed by atoms with Crippen LogP contribution in [0.4, 0.5) is 4.79 Å². The first-order chi connectivity index (χ1) is 16.3. The Labute approximate surface area is 199 Å². The molecule has 3 atom stereocenters. The van der Waals surface area contributed by atoms with Gasteiger partial charge in [0, 0.05) is 83.4 Å². The highest BCUT2D eigenvalue weighted by Crippen LogP contribution is 2.35. The van der Waals surface area contributed by atoms with E-state index >= 15 is 0 Å². The van der Waals surface area contributed by atoms with Gasteiger partial charge in [0.15, 0.2) is 0 Å². The molecule has 0 aliphatic carbocycles. The molecule has 4 fully saturated rings. The minimum absolute atomic E-state index is 0.0995. The number of hydroxylamine groups is 2. The van der Waals surface area contributed by atoms with Crippen molar-refractivity contribution in [3.05, 3.63) is 17.5 Å². The number of hydrogen-bond acceptors (Lipinski definition) is 8. The number of rotatable bonds is 5. The Morgan fingerprint density at radius 2 is 1.74 bits per heavy atom. The average molecular weight is 475 g/mol. The predicted octanol–water partition coefficient (Wildman–Crippen LogP) is 0.502. The third-order valence-corrected chi connectivity index (χ3v) is 7.77. The van der Waals surface area contributed by atoms with Crippen molar-refractivity contribution in [3.63, 3.8) is 0 Å². The molecular weight excluding hydrogens is 440 g/mol. The number of aliphatic hydroxyl groups is 1. The van der Waals surface area contributed by atoms with Gasteiger partial charge in [0.1, 0.15) is 6.23 Å². The quantitative estimate of drug-likeness (QED) is 0.615. The minimum atomic E-state index is -0.609. The number of aryl methyl sites for hydroxylation is 1. The number of aliphatic hydroxyl groups excluding tert-OH is 1. The van der Waals surface area contributed by atoms with E-state index in [-0.39, 0.29) is 12.8 Å². The third kappa shape index (κ3) is 4.56. The number of imide groups is 1. The van der Waals surface area contributed by atoms with Gasteiger partial charge in [-0.3, -0.25) is 24.1 Å². The summed E-state index contributed by atoms with van der Waals surface area (Å²) in [5, 5.41) is 15.3. The summed E-state index contributed by atoms with van der Waals surface area (Å²) in [5.74, 6) is 0.217. The van der Waals surface area contributed by atoms with E-state index in [2.05, 4.69) is 16.0 Å². The molecule has 3 amide bonds. The van der Waals surface area contributed by atoms with Crippen molar-refractivity contribution >= 4 is 17.9 Å². The molecule has 1 aromatic rings. The molecule has 11 nitrogen and oxygen atoms in total. The van der Waals surface area contributed by atoms with Gasteiger partial charge in [0.05, 0.1) is 5.69 Å². The van der Waals surface area contributed by atoms with Gasteiger partial charge >= 0.3 is 6.09 Å². The molecule has 3 unspecified atom stereocenters. The molecule has 0 spiro atoms. The van der Waals surface area contributed by atoms with Gasteiger partial charge in [-0.1, -0.05) is 0 Å². The van der Waals surface area contributed by atoms with E-state index in [1.807, 2.05) is 18.7 Å². The molecule has 0 radical (unpaired) electrons. The summed E-state index contributed by atoms with van der Waals surface area (Å²) in [5.41, 5.74) is 2.44. The summed E-state index contributed by atoms with van der Waals surface area (Å²) in [6, 6.07) is 0. The molecule has 1 aromatic heterocycles. The normalized spacial score (nSPS) is 27.6. The fourth-order valence-corrected chi connectivity index (χ4v) is 5.97. The smallest absolute Gasteiger partial charge is 0.379 e. The van der Waals surface area contributed by atoms with Crippen molar-refractivity contribution in [2.45, 2.75) is 51.3 Å². The lowest BCUT2D eigenvalue weighted by Crippen LogP contribution is -2.40. The van der Waals surface area contributed by atoms with Crippen LogP contribution in [0.3, 0.4) is 0 Å². The number of amides is 3. The van der Waals surface area contributed by atoms with Crippen molar-refractivity contribution in [2.75, 3.05) is 39.3 Å². The molecule has 4 saturated heterocycles. The molecule has 11 heteroatoms. The number of carbonyl (C=O) groups is 3. The summed E-state index contributed by atoms with van der Waals surface area (Å²) in [4.78, 5) is 47.2. The maximum Gasteiger partial charge on any atom is 0.434 e. The lowest BCUT2D eigenvalue weighted by Gasteiger charge is -2.33. The molecule has 5 heterocycles. The number of hydrogen-bond donors (Lipinski definition) is 1. The molecule has 0 bridgehead atoms. The highest BCUT2D eigenvalue weighted by Gasteiger charge is 2.44. The SMILES string of the molecule is CC(O)N1CCC(c2nn(C)cc2CN2CC3CN(C(=O)ON4C(=O)CCC4=O)CC3C2)CC1. The van der Waals surface area contributed by atoms with Gasteiger partial charge in [0.2, 0.25) is 0 Å². The van der Waals surface area contributed by atoms with E-state index in [1.54, 1.807) is 4.90 Å². The van der Waals surface area contributed by atoms with Crippen molar-refractivity contribution in [2.24, 2.45) is 18.9 Å². The summed E-state index contributed by atoms with van der Waals surface area (Å²) >= 11 is 0. The maximum absolute atomic E-state index is 12.5. The van der Waals surface area contributed by atoms with Gasteiger partial charge in [0.25, 0.3) is 11.8 Å². The Kier molecular flexibility index (Phi) is 6.34. The van der Waals surface area contributed by atoms with E-state index in [0.29, 0.717) is 35.9 Å². The first-order valence-electron chi connectivity index (χ1n) is 12.3. The van der Waals surface area contributed by atoms with Gasteiger partial charge in [-0.2, -0.15) is 5.10 Å². The second-order valence-electron chi connectivity index (χ2n) is 10.2. The molecule has 0 saturated carbocycles. The van der Waals surface area contributed by atoms with Crippen molar-refractivity contribution < 1.29 is 24.3 Å². The second kappa shape index (κ2) is 9.27. The van der Waals surface area contributed by atoms with E-state index in [1.165, 1.54) is 11.3 Å². The standard InChI is InChI=1S/C23H34N6O5/c1-15(30)27-7-5-16(6-8-27)22-19(9-25(2)24-22)12-26-10-17-13-28(14-18(17)11-26)23(33)34-29-20(31)3-4-21(29)32/h9,15-18,30H,3-8,10-14H2,1-2H3.